The summed E-state index contributed by atoms with van der Waals surface area (Å²) in [6.45, 7) is 6.10. The number of thiophene rings is 1. The van der Waals surface area contributed by atoms with Crippen molar-refractivity contribution in [2.24, 2.45) is 5.92 Å². The summed E-state index contributed by atoms with van der Waals surface area (Å²) in [5, 5.41) is 0. The molecular weight excluding hydrogens is 354 g/mol. The molecular formula is C23H33NO2S. The highest BCUT2D eigenvalue weighted by molar-refractivity contribution is 7.15. The van der Waals surface area contributed by atoms with Crippen molar-refractivity contribution in [1.82, 2.24) is 4.98 Å². The van der Waals surface area contributed by atoms with Gasteiger partial charge in [-0.2, -0.15) is 0 Å². The van der Waals surface area contributed by atoms with Crippen LogP contribution in [0.2, 0.25) is 0 Å². The molecule has 0 aliphatic carbocycles. The first kappa shape index (κ1) is 20.5. The van der Waals surface area contributed by atoms with E-state index < -0.39 is 0 Å². The van der Waals surface area contributed by atoms with E-state index in [1.54, 1.807) is 11.3 Å². The molecule has 1 fully saturated rings. The van der Waals surface area contributed by atoms with Gasteiger partial charge in [-0.3, -0.25) is 4.98 Å². The highest BCUT2D eigenvalue weighted by atomic mass is 32.1. The topological polar surface area (TPSA) is 31.4 Å². The molecule has 3 heterocycles. The van der Waals surface area contributed by atoms with Gasteiger partial charge in [0.1, 0.15) is 0 Å². The van der Waals surface area contributed by atoms with Crippen LogP contribution >= 0.6 is 11.3 Å². The molecule has 2 aromatic heterocycles. The lowest BCUT2D eigenvalue weighted by Gasteiger charge is -2.28. The van der Waals surface area contributed by atoms with Crippen molar-refractivity contribution in [2.45, 2.75) is 71.5 Å². The number of pyridine rings is 1. The number of aryl methyl sites for hydroxylation is 1. The Kier molecular flexibility index (Phi) is 8.31. The molecule has 3 rings (SSSR count). The molecule has 1 aliphatic rings. The molecule has 0 unspecified atom stereocenters. The maximum absolute atomic E-state index is 6.02. The molecule has 0 saturated carbocycles. The molecule has 0 bridgehead atoms. The van der Waals surface area contributed by atoms with E-state index in [1.807, 2.05) is 6.20 Å². The second kappa shape index (κ2) is 10.9. The van der Waals surface area contributed by atoms with Crippen molar-refractivity contribution in [3.05, 3.63) is 41.0 Å². The predicted molar refractivity (Wildman–Crippen MR) is 113 cm³/mol. The molecule has 0 aromatic carbocycles. The van der Waals surface area contributed by atoms with Gasteiger partial charge in [-0.05, 0) is 37.5 Å². The Hall–Kier alpha value is -1.23. The van der Waals surface area contributed by atoms with Crippen LogP contribution in [-0.2, 0) is 15.9 Å². The zero-order chi connectivity index (χ0) is 18.9. The number of hydrogen-bond acceptors (Lipinski definition) is 4. The Morgan fingerprint density at radius 2 is 1.78 bits per heavy atom. The second-order valence-corrected chi connectivity index (χ2v) is 8.67. The van der Waals surface area contributed by atoms with Crippen LogP contribution in [0.3, 0.4) is 0 Å². The lowest BCUT2D eigenvalue weighted by molar-refractivity contribution is -0.204. The summed E-state index contributed by atoms with van der Waals surface area (Å²) in [6.07, 6.45) is 11.7. The van der Waals surface area contributed by atoms with Crippen molar-refractivity contribution < 1.29 is 9.47 Å². The standard InChI is InChI=1S/C23H33NO2S/c1-3-5-7-8-9-18-16-25-23(26-17-18)22-14-13-21(27-22)19-11-12-20(24-15-19)10-6-4-2/h11-15,18,23H,3-10,16-17H2,1-2H3. The maximum atomic E-state index is 6.02. The molecule has 0 radical (unpaired) electrons. The molecule has 27 heavy (non-hydrogen) atoms. The smallest absolute Gasteiger partial charge is 0.193 e. The van der Waals surface area contributed by atoms with Crippen LogP contribution in [0.4, 0.5) is 0 Å². The third-order valence-electron chi connectivity index (χ3n) is 5.19. The SMILES string of the molecule is CCCCCCC1COC(c2ccc(-c3ccc(CCCC)nc3)s2)OC1. The summed E-state index contributed by atoms with van der Waals surface area (Å²) >= 11 is 1.75. The average Bonchev–Trinajstić information content (AvgIpc) is 3.21. The number of nitrogens with zero attached hydrogens (tertiary/aromatic N) is 1. The number of unbranched alkanes of at least 4 members (excludes halogenated alkanes) is 4. The minimum atomic E-state index is -0.201. The van der Waals surface area contributed by atoms with Crippen molar-refractivity contribution in [3.63, 3.8) is 0 Å². The van der Waals surface area contributed by atoms with Gasteiger partial charge in [-0.1, -0.05) is 52.0 Å². The Morgan fingerprint density at radius 3 is 2.48 bits per heavy atom. The van der Waals surface area contributed by atoms with Gasteiger partial charge in [0, 0.05) is 28.2 Å². The molecule has 0 amide bonds. The second-order valence-electron chi connectivity index (χ2n) is 7.56. The maximum Gasteiger partial charge on any atom is 0.193 e. The van der Waals surface area contributed by atoms with Gasteiger partial charge in [0.05, 0.1) is 18.1 Å². The molecule has 4 heteroatoms. The van der Waals surface area contributed by atoms with Crippen LogP contribution in [0.1, 0.15) is 75.7 Å². The van der Waals surface area contributed by atoms with Crippen LogP contribution in [0, 0.1) is 5.92 Å². The van der Waals surface area contributed by atoms with Gasteiger partial charge in [-0.25, -0.2) is 0 Å². The summed E-state index contributed by atoms with van der Waals surface area (Å²) in [5.41, 5.74) is 2.36. The first-order chi connectivity index (χ1) is 13.3. The highest BCUT2D eigenvalue weighted by Crippen LogP contribution is 2.35. The van der Waals surface area contributed by atoms with E-state index in [2.05, 4.69) is 43.1 Å². The molecule has 0 spiro atoms. The van der Waals surface area contributed by atoms with Gasteiger partial charge >= 0.3 is 0 Å². The first-order valence-electron chi connectivity index (χ1n) is 10.6. The Morgan fingerprint density at radius 1 is 0.963 bits per heavy atom. The molecule has 1 aliphatic heterocycles. The zero-order valence-corrected chi connectivity index (χ0v) is 17.6. The first-order valence-corrected chi connectivity index (χ1v) is 11.4. The van der Waals surface area contributed by atoms with Gasteiger partial charge < -0.3 is 9.47 Å². The fraction of sp³-hybridized carbons (Fsp3) is 0.609. The minimum absolute atomic E-state index is 0.201. The largest absolute Gasteiger partial charge is 0.347 e. The lowest BCUT2D eigenvalue weighted by atomic mass is 10.0. The quantitative estimate of drug-likeness (QED) is 0.421. The van der Waals surface area contributed by atoms with Gasteiger partial charge in [0.2, 0.25) is 0 Å². The minimum Gasteiger partial charge on any atom is -0.347 e. The Balaban J connectivity index is 1.49. The molecule has 3 nitrogen and oxygen atoms in total. The van der Waals surface area contributed by atoms with Crippen LogP contribution in [-0.4, -0.2) is 18.2 Å². The molecule has 0 N–H and O–H groups in total. The fourth-order valence-electron chi connectivity index (χ4n) is 3.44. The summed E-state index contributed by atoms with van der Waals surface area (Å²) in [5.74, 6) is 0.553. The number of ether oxygens (including phenoxy) is 2. The van der Waals surface area contributed by atoms with Gasteiger partial charge in [0.25, 0.3) is 0 Å². The van der Waals surface area contributed by atoms with E-state index >= 15 is 0 Å². The number of aromatic nitrogens is 1. The lowest BCUT2D eigenvalue weighted by Crippen LogP contribution is -2.26. The zero-order valence-electron chi connectivity index (χ0n) is 16.8. The van der Waals surface area contributed by atoms with Gasteiger partial charge in [0.15, 0.2) is 6.29 Å². The Bertz CT molecular complexity index is 659. The van der Waals surface area contributed by atoms with E-state index in [-0.39, 0.29) is 6.29 Å². The third-order valence-corrected chi connectivity index (χ3v) is 6.34. The van der Waals surface area contributed by atoms with Crippen molar-refractivity contribution in [1.29, 1.82) is 0 Å². The van der Waals surface area contributed by atoms with E-state index in [9.17, 15) is 0 Å². The van der Waals surface area contributed by atoms with Crippen molar-refractivity contribution in [2.75, 3.05) is 13.2 Å². The monoisotopic (exact) mass is 387 g/mol. The summed E-state index contributed by atoms with van der Waals surface area (Å²) in [4.78, 5) is 7.00. The third kappa shape index (κ3) is 6.13. The predicted octanol–water partition coefficient (Wildman–Crippen LogP) is 6.78. The van der Waals surface area contributed by atoms with E-state index in [1.165, 1.54) is 61.1 Å². The van der Waals surface area contributed by atoms with Crippen LogP contribution in [0.25, 0.3) is 10.4 Å². The summed E-state index contributed by atoms with van der Waals surface area (Å²) in [6, 6.07) is 8.63. The number of hydrogen-bond donors (Lipinski definition) is 0. The normalized spacial score (nSPS) is 20.1. The molecule has 0 atom stereocenters. The average molecular weight is 388 g/mol. The summed E-state index contributed by atoms with van der Waals surface area (Å²) < 4.78 is 12.0. The number of rotatable bonds is 10. The van der Waals surface area contributed by atoms with Crippen LogP contribution in [0.15, 0.2) is 30.5 Å². The molecule has 148 valence electrons. The van der Waals surface area contributed by atoms with E-state index in [0.29, 0.717) is 5.92 Å². The van der Waals surface area contributed by atoms with Crippen LogP contribution in [0.5, 0.6) is 0 Å². The molecule has 1 saturated heterocycles. The molecule has 2 aromatic rings. The fourth-order valence-corrected chi connectivity index (χ4v) is 4.44. The Labute approximate surface area is 168 Å². The summed E-state index contributed by atoms with van der Waals surface area (Å²) in [7, 11) is 0. The van der Waals surface area contributed by atoms with Crippen molar-refractivity contribution >= 4 is 11.3 Å². The van der Waals surface area contributed by atoms with Crippen LogP contribution < -0.4 is 0 Å². The van der Waals surface area contributed by atoms with E-state index in [0.717, 1.165) is 24.5 Å². The highest BCUT2D eigenvalue weighted by Gasteiger charge is 2.24. The van der Waals surface area contributed by atoms with Gasteiger partial charge in [-0.15, -0.1) is 11.3 Å². The van der Waals surface area contributed by atoms with E-state index in [4.69, 9.17) is 9.47 Å². The van der Waals surface area contributed by atoms with Crippen molar-refractivity contribution in [3.8, 4) is 10.4 Å².